The third kappa shape index (κ3) is 3.21. The van der Waals surface area contributed by atoms with Gasteiger partial charge in [-0.25, -0.2) is 0 Å². The zero-order chi connectivity index (χ0) is 19.8. The van der Waals surface area contributed by atoms with Gasteiger partial charge in [0.2, 0.25) is 17.7 Å². The molecule has 0 aromatic heterocycles. The molecule has 3 aliphatic rings. The van der Waals surface area contributed by atoms with Crippen LogP contribution in [0.1, 0.15) is 24.0 Å². The molecule has 6 nitrogen and oxygen atoms in total. The van der Waals surface area contributed by atoms with Crippen LogP contribution in [-0.4, -0.2) is 60.2 Å². The fourth-order valence-electron chi connectivity index (χ4n) is 4.54. The Balaban J connectivity index is 1.36. The number of nitrogens with zero attached hydrogens (tertiary/aromatic N) is 3. The summed E-state index contributed by atoms with van der Waals surface area (Å²) in [6.45, 7) is 6.85. The molecule has 4 rings (SSSR count). The van der Waals surface area contributed by atoms with Crippen LogP contribution in [0.5, 0.6) is 0 Å². The molecule has 0 bridgehead atoms. The van der Waals surface area contributed by atoms with E-state index in [0.717, 1.165) is 13.1 Å². The Kier molecular flexibility index (Phi) is 4.96. The molecule has 3 amide bonds. The first-order valence-corrected chi connectivity index (χ1v) is 10.1. The number of amides is 3. The topological polar surface area (TPSA) is 60.9 Å². The smallest absolute Gasteiger partial charge is 0.242 e. The summed E-state index contributed by atoms with van der Waals surface area (Å²) >= 11 is 0. The number of benzene rings is 1. The van der Waals surface area contributed by atoms with Crippen molar-refractivity contribution < 1.29 is 14.4 Å². The molecular weight excluding hydrogens is 354 g/mol. The van der Waals surface area contributed by atoms with Crippen molar-refractivity contribution in [3.63, 3.8) is 0 Å². The zero-order valence-corrected chi connectivity index (χ0v) is 16.6. The average molecular weight is 381 g/mol. The summed E-state index contributed by atoms with van der Waals surface area (Å²) in [4.78, 5) is 43.2. The average Bonchev–Trinajstić information content (AvgIpc) is 2.95. The zero-order valence-electron chi connectivity index (χ0n) is 16.6. The van der Waals surface area contributed by atoms with Crippen molar-refractivity contribution >= 4 is 23.4 Å². The lowest BCUT2D eigenvalue weighted by Crippen LogP contribution is -2.52. The number of rotatable bonds is 3. The Labute approximate surface area is 165 Å². The molecule has 2 fully saturated rings. The molecule has 148 valence electrons. The van der Waals surface area contributed by atoms with Crippen LogP contribution in [0, 0.1) is 25.7 Å². The Morgan fingerprint density at radius 1 is 0.964 bits per heavy atom. The van der Waals surface area contributed by atoms with Crippen LogP contribution in [0.2, 0.25) is 0 Å². The summed E-state index contributed by atoms with van der Waals surface area (Å²) in [5.41, 5.74) is 3.75. The Morgan fingerprint density at radius 3 is 2.18 bits per heavy atom. The second-order valence-corrected chi connectivity index (χ2v) is 8.01. The molecule has 0 saturated carbocycles. The molecule has 28 heavy (non-hydrogen) atoms. The maximum Gasteiger partial charge on any atom is 0.242 e. The van der Waals surface area contributed by atoms with Gasteiger partial charge >= 0.3 is 0 Å². The number of aryl methyl sites for hydroxylation is 1. The lowest BCUT2D eigenvalue weighted by Gasteiger charge is -2.37. The molecule has 0 unspecified atom stereocenters. The van der Waals surface area contributed by atoms with Gasteiger partial charge in [-0.15, -0.1) is 0 Å². The standard InChI is InChI=1S/C22H27N3O3/c1-15-6-5-9-19(16(15)2)23-10-12-24(13-11-23)20(26)14-25-21(27)17-7-3-4-8-18(17)22(25)28/h3-6,9,17-18H,7-8,10-14H2,1-2H3/t17-,18+. The van der Waals surface area contributed by atoms with Crippen molar-refractivity contribution in [2.24, 2.45) is 11.8 Å². The van der Waals surface area contributed by atoms with Gasteiger partial charge in [-0.05, 0) is 43.9 Å². The van der Waals surface area contributed by atoms with Crippen molar-refractivity contribution in [3.8, 4) is 0 Å². The van der Waals surface area contributed by atoms with Crippen LogP contribution in [-0.2, 0) is 14.4 Å². The third-order valence-corrected chi connectivity index (χ3v) is 6.44. The maximum atomic E-state index is 12.8. The van der Waals surface area contributed by atoms with E-state index in [9.17, 15) is 14.4 Å². The number of allylic oxidation sites excluding steroid dienone is 2. The van der Waals surface area contributed by atoms with Crippen molar-refractivity contribution in [3.05, 3.63) is 41.5 Å². The molecule has 1 aromatic rings. The maximum absolute atomic E-state index is 12.8. The van der Waals surface area contributed by atoms with Gasteiger partial charge in [0.05, 0.1) is 11.8 Å². The molecule has 0 N–H and O–H groups in total. The van der Waals surface area contributed by atoms with E-state index in [1.807, 2.05) is 12.2 Å². The van der Waals surface area contributed by atoms with Gasteiger partial charge in [0, 0.05) is 31.9 Å². The molecule has 1 aromatic carbocycles. The summed E-state index contributed by atoms with van der Waals surface area (Å²) in [5, 5.41) is 0. The number of imide groups is 1. The molecule has 0 spiro atoms. The fourth-order valence-corrected chi connectivity index (χ4v) is 4.54. The normalized spacial score (nSPS) is 24.7. The lowest BCUT2D eigenvalue weighted by atomic mass is 9.85. The molecule has 2 atom stereocenters. The number of anilines is 1. The van der Waals surface area contributed by atoms with E-state index < -0.39 is 0 Å². The third-order valence-electron chi connectivity index (χ3n) is 6.44. The minimum absolute atomic E-state index is 0.117. The second kappa shape index (κ2) is 7.41. The SMILES string of the molecule is Cc1cccc(N2CCN(C(=O)CN3C(=O)[C@H]4CC=CC[C@H]4C3=O)CC2)c1C. The van der Waals surface area contributed by atoms with Gasteiger partial charge in [-0.1, -0.05) is 24.3 Å². The summed E-state index contributed by atoms with van der Waals surface area (Å²) in [6, 6.07) is 6.29. The van der Waals surface area contributed by atoms with Crippen molar-refractivity contribution in [1.29, 1.82) is 0 Å². The number of likely N-dealkylation sites (tertiary alicyclic amines) is 1. The number of hydrogen-bond acceptors (Lipinski definition) is 4. The summed E-state index contributed by atoms with van der Waals surface area (Å²) < 4.78 is 0. The number of piperazine rings is 1. The van der Waals surface area contributed by atoms with E-state index in [1.165, 1.54) is 21.7 Å². The van der Waals surface area contributed by atoms with Crippen LogP contribution in [0.3, 0.4) is 0 Å². The summed E-state index contributed by atoms with van der Waals surface area (Å²) in [5.74, 6) is -1.03. The minimum atomic E-state index is -0.272. The van der Waals surface area contributed by atoms with Gasteiger partial charge in [0.1, 0.15) is 6.54 Å². The molecule has 2 aliphatic heterocycles. The van der Waals surface area contributed by atoms with Gasteiger partial charge in [0.25, 0.3) is 0 Å². The molecule has 2 heterocycles. The number of hydrogen-bond donors (Lipinski definition) is 0. The number of fused-ring (bicyclic) bond motifs is 1. The first-order chi connectivity index (χ1) is 13.5. The summed E-state index contributed by atoms with van der Waals surface area (Å²) in [7, 11) is 0. The van der Waals surface area contributed by atoms with Crippen molar-refractivity contribution in [2.75, 3.05) is 37.6 Å². The van der Waals surface area contributed by atoms with Crippen LogP contribution < -0.4 is 4.90 Å². The Bertz CT molecular complexity index is 813. The highest BCUT2D eigenvalue weighted by molar-refractivity contribution is 6.07. The molecule has 1 aliphatic carbocycles. The monoisotopic (exact) mass is 381 g/mol. The van der Waals surface area contributed by atoms with Crippen molar-refractivity contribution in [1.82, 2.24) is 9.80 Å². The number of carbonyl (C=O) groups is 3. The predicted molar refractivity (Wildman–Crippen MR) is 107 cm³/mol. The fraction of sp³-hybridized carbons (Fsp3) is 0.500. The highest BCUT2D eigenvalue weighted by Crippen LogP contribution is 2.35. The van der Waals surface area contributed by atoms with Crippen molar-refractivity contribution in [2.45, 2.75) is 26.7 Å². The van der Waals surface area contributed by atoms with Crippen LogP contribution in [0.15, 0.2) is 30.4 Å². The van der Waals surface area contributed by atoms with E-state index in [0.29, 0.717) is 25.9 Å². The number of carbonyl (C=O) groups excluding carboxylic acids is 3. The van der Waals surface area contributed by atoms with Gasteiger partial charge in [-0.3, -0.25) is 19.3 Å². The van der Waals surface area contributed by atoms with Crippen LogP contribution >= 0.6 is 0 Å². The highest BCUT2D eigenvalue weighted by atomic mass is 16.2. The predicted octanol–water partition coefficient (Wildman–Crippen LogP) is 1.90. The van der Waals surface area contributed by atoms with Gasteiger partial charge in [0.15, 0.2) is 0 Å². The first kappa shape index (κ1) is 18.7. The molecular formula is C22H27N3O3. The van der Waals surface area contributed by atoms with E-state index in [-0.39, 0.29) is 36.1 Å². The highest BCUT2D eigenvalue weighted by Gasteiger charge is 2.48. The Morgan fingerprint density at radius 2 is 1.57 bits per heavy atom. The van der Waals surface area contributed by atoms with E-state index in [1.54, 1.807) is 4.90 Å². The molecule has 0 radical (unpaired) electrons. The van der Waals surface area contributed by atoms with E-state index in [4.69, 9.17) is 0 Å². The van der Waals surface area contributed by atoms with E-state index in [2.05, 4.69) is 36.9 Å². The first-order valence-electron chi connectivity index (χ1n) is 10.1. The summed E-state index contributed by atoms with van der Waals surface area (Å²) in [6.07, 6.45) is 5.14. The minimum Gasteiger partial charge on any atom is -0.368 e. The van der Waals surface area contributed by atoms with E-state index >= 15 is 0 Å². The second-order valence-electron chi connectivity index (χ2n) is 8.01. The molecule has 6 heteroatoms. The van der Waals surface area contributed by atoms with Gasteiger partial charge in [-0.2, -0.15) is 0 Å². The van der Waals surface area contributed by atoms with Crippen LogP contribution in [0.25, 0.3) is 0 Å². The van der Waals surface area contributed by atoms with Crippen LogP contribution in [0.4, 0.5) is 5.69 Å². The molecule has 2 saturated heterocycles. The largest absolute Gasteiger partial charge is 0.368 e. The lowest BCUT2D eigenvalue weighted by molar-refractivity contribution is -0.146. The van der Waals surface area contributed by atoms with Gasteiger partial charge < -0.3 is 9.80 Å². The quantitative estimate of drug-likeness (QED) is 0.593. The Hall–Kier alpha value is -2.63.